The van der Waals surface area contributed by atoms with Gasteiger partial charge in [0.15, 0.2) is 0 Å². The zero-order valence-corrected chi connectivity index (χ0v) is 7.51. The number of likely N-dealkylation sites (tertiary alicyclic amines) is 1. The Balaban J connectivity index is 2.47. The first-order valence-electron chi connectivity index (χ1n) is 4.26. The summed E-state index contributed by atoms with van der Waals surface area (Å²) in [4.78, 5) is 2.36. The van der Waals surface area contributed by atoms with Crippen LogP contribution in [0.15, 0.2) is 12.7 Å². The van der Waals surface area contributed by atoms with E-state index in [1.807, 2.05) is 7.05 Å². The normalized spacial score (nSPS) is 33.6. The zero-order valence-electron chi connectivity index (χ0n) is 7.51. The number of nitrogens with zero attached hydrogens (tertiary/aromatic N) is 1. The second-order valence-corrected chi connectivity index (χ2v) is 3.35. The quantitative estimate of drug-likeness (QED) is 0.589. The van der Waals surface area contributed by atoms with E-state index in [0.29, 0.717) is 12.0 Å². The molecule has 1 N–H and O–H groups in total. The fraction of sp³-hybridized carbons (Fsp3) is 0.778. The molecule has 2 atom stereocenters. The maximum Gasteiger partial charge on any atom is 0.0151 e. The van der Waals surface area contributed by atoms with Crippen LogP contribution >= 0.6 is 0 Å². The van der Waals surface area contributed by atoms with Crippen LogP contribution in [0.2, 0.25) is 0 Å². The van der Waals surface area contributed by atoms with E-state index in [1.54, 1.807) is 0 Å². The molecule has 0 aliphatic carbocycles. The second-order valence-electron chi connectivity index (χ2n) is 3.35. The minimum Gasteiger partial charge on any atom is -0.316 e. The van der Waals surface area contributed by atoms with Gasteiger partial charge in [0, 0.05) is 18.5 Å². The van der Waals surface area contributed by atoms with Crippen molar-refractivity contribution in [2.24, 2.45) is 5.92 Å². The molecule has 0 saturated carbocycles. The van der Waals surface area contributed by atoms with Crippen LogP contribution in [-0.2, 0) is 0 Å². The number of piperidine rings is 1. The lowest BCUT2D eigenvalue weighted by Crippen LogP contribution is -2.46. The molecule has 0 aromatic carbocycles. The molecule has 1 aliphatic heterocycles. The van der Waals surface area contributed by atoms with Gasteiger partial charge in [0.05, 0.1) is 0 Å². The molecule has 1 rings (SSSR count). The third kappa shape index (κ3) is 2.04. The Morgan fingerprint density at radius 2 is 2.36 bits per heavy atom. The van der Waals surface area contributed by atoms with Crippen molar-refractivity contribution >= 4 is 0 Å². The van der Waals surface area contributed by atoms with Crippen molar-refractivity contribution in [3.8, 4) is 0 Å². The van der Waals surface area contributed by atoms with Crippen molar-refractivity contribution in [3.63, 3.8) is 0 Å². The summed E-state index contributed by atoms with van der Waals surface area (Å²) in [5, 5.41) is 3.33. The van der Waals surface area contributed by atoms with Crippen molar-refractivity contribution in [1.29, 1.82) is 0 Å². The van der Waals surface area contributed by atoms with Crippen molar-refractivity contribution < 1.29 is 0 Å². The van der Waals surface area contributed by atoms with Crippen LogP contribution in [0.1, 0.15) is 6.42 Å². The molecule has 64 valence electrons. The largest absolute Gasteiger partial charge is 0.316 e. The molecule has 2 unspecified atom stereocenters. The Hall–Kier alpha value is -0.340. The second kappa shape index (κ2) is 3.88. The van der Waals surface area contributed by atoms with E-state index >= 15 is 0 Å². The maximum absolute atomic E-state index is 3.85. The van der Waals surface area contributed by atoms with Crippen molar-refractivity contribution in [1.82, 2.24) is 10.2 Å². The summed E-state index contributed by atoms with van der Waals surface area (Å²) < 4.78 is 0. The first-order chi connectivity index (χ1) is 5.27. The lowest BCUT2D eigenvalue weighted by molar-refractivity contribution is 0.197. The average molecular weight is 154 g/mol. The van der Waals surface area contributed by atoms with E-state index in [4.69, 9.17) is 0 Å². The monoisotopic (exact) mass is 154 g/mol. The topological polar surface area (TPSA) is 15.3 Å². The molecule has 1 saturated heterocycles. The van der Waals surface area contributed by atoms with Gasteiger partial charge in [-0.15, -0.1) is 6.58 Å². The Morgan fingerprint density at radius 3 is 2.91 bits per heavy atom. The van der Waals surface area contributed by atoms with E-state index in [-0.39, 0.29) is 0 Å². The summed E-state index contributed by atoms with van der Waals surface area (Å²) >= 11 is 0. The van der Waals surface area contributed by atoms with Gasteiger partial charge in [0.25, 0.3) is 0 Å². The third-order valence-corrected chi connectivity index (χ3v) is 2.53. The molecule has 1 fully saturated rings. The molecule has 1 aliphatic rings. The van der Waals surface area contributed by atoms with Crippen LogP contribution in [0.4, 0.5) is 0 Å². The fourth-order valence-corrected chi connectivity index (χ4v) is 1.75. The molecule has 0 aromatic rings. The molecule has 0 bridgehead atoms. The molecule has 2 heteroatoms. The molecule has 0 aromatic heterocycles. The van der Waals surface area contributed by atoms with Gasteiger partial charge in [-0.3, -0.25) is 0 Å². The molecule has 0 spiro atoms. The summed E-state index contributed by atoms with van der Waals surface area (Å²) in [6.07, 6.45) is 3.31. The summed E-state index contributed by atoms with van der Waals surface area (Å²) in [6.45, 7) is 6.20. The first-order valence-corrected chi connectivity index (χ1v) is 4.26. The zero-order chi connectivity index (χ0) is 8.27. The minimum absolute atomic E-state index is 0.624. The van der Waals surface area contributed by atoms with Crippen molar-refractivity contribution in [2.75, 3.05) is 27.2 Å². The number of rotatable bonds is 2. The van der Waals surface area contributed by atoms with Crippen LogP contribution in [0.5, 0.6) is 0 Å². The van der Waals surface area contributed by atoms with Gasteiger partial charge in [-0.25, -0.2) is 0 Å². The molecule has 1 heterocycles. The highest BCUT2D eigenvalue weighted by Gasteiger charge is 2.23. The summed E-state index contributed by atoms with van der Waals surface area (Å²) in [5.41, 5.74) is 0. The van der Waals surface area contributed by atoms with Crippen LogP contribution in [-0.4, -0.2) is 38.1 Å². The maximum atomic E-state index is 3.85. The average Bonchev–Trinajstić information content (AvgIpc) is 2.04. The van der Waals surface area contributed by atoms with E-state index in [9.17, 15) is 0 Å². The molecular weight excluding hydrogens is 136 g/mol. The third-order valence-electron chi connectivity index (χ3n) is 2.53. The standard InChI is InChI=1S/C9H18N2/c1-4-8-7-11(3)6-5-9(8)10-2/h4,8-10H,1,5-7H2,2-3H3. The molecule has 11 heavy (non-hydrogen) atoms. The Morgan fingerprint density at radius 1 is 1.64 bits per heavy atom. The van der Waals surface area contributed by atoms with E-state index < -0.39 is 0 Å². The highest BCUT2D eigenvalue weighted by Crippen LogP contribution is 2.16. The van der Waals surface area contributed by atoms with Crippen molar-refractivity contribution in [2.45, 2.75) is 12.5 Å². The van der Waals surface area contributed by atoms with Crippen molar-refractivity contribution in [3.05, 3.63) is 12.7 Å². The van der Waals surface area contributed by atoms with Gasteiger partial charge in [-0.1, -0.05) is 6.08 Å². The fourth-order valence-electron chi connectivity index (χ4n) is 1.75. The highest BCUT2D eigenvalue weighted by atomic mass is 15.1. The molecular formula is C9H18N2. The lowest BCUT2D eigenvalue weighted by atomic mass is 9.93. The van der Waals surface area contributed by atoms with Gasteiger partial charge in [0.1, 0.15) is 0 Å². The van der Waals surface area contributed by atoms with Gasteiger partial charge >= 0.3 is 0 Å². The Kier molecular flexibility index (Phi) is 3.09. The summed E-state index contributed by atoms with van der Waals surface area (Å²) in [5.74, 6) is 0.624. The smallest absolute Gasteiger partial charge is 0.0151 e. The Labute approximate surface area is 69.3 Å². The van der Waals surface area contributed by atoms with Crippen LogP contribution < -0.4 is 5.32 Å². The van der Waals surface area contributed by atoms with Gasteiger partial charge < -0.3 is 10.2 Å². The Bertz CT molecular complexity index is 134. The van der Waals surface area contributed by atoms with Gasteiger partial charge in [-0.2, -0.15) is 0 Å². The van der Waals surface area contributed by atoms with Crippen LogP contribution in [0, 0.1) is 5.92 Å². The van der Waals surface area contributed by atoms with Crippen LogP contribution in [0.3, 0.4) is 0 Å². The number of hydrogen-bond acceptors (Lipinski definition) is 2. The van der Waals surface area contributed by atoms with Crippen LogP contribution in [0.25, 0.3) is 0 Å². The molecule has 0 radical (unpaired) electrons. The van der Waals surface area contributed by atoms with Gasteiger partial charge in [-0.05, 0) is 27.1 Å². The summed E-state index contributed by atoms with van der Waals surface area (Å²) in [6, 6.07) is 0.642. The number of hydrogen-bond donors (Lipinski definition) is 1. The summed E-state index contributed by atoms with van der Waals surface area (Å²) in [7, 11) is 4.20. The van der Waals surface area contributed by atoms with E-state index in [0.717, 1.165) is 6.54 Å². The SMILES string of the molecule is C=CC1CN(C)CCC1NC. The minimum atomic E-state index is 0.624. The lowest BCUT2D eigenvalue weighted by Gasteiger charge is -2.34. The van der Waals surface area contributed by atoms with E-state index in [2.05, 4.69) is 29.9 Å². The molecule has 2 nitrogen and oxygen atoms in total. The van der Waals surface area contributed by atoms with Gasteiger partial charge in [0.2, 0.25) is 0 Å². The number of nitrogens with one attached hydrogen (secondary N) is 1. The first kappa shape index (κ1) is 8.75. The van der Waals surface area contributed by atoms with E-state index in [1.165, 1.54) is 13.0 Å². The molecule has 0 amide bonds. The highest BCUT2D eigenvalue weighted by molar-refractivity contribution is 4.93. The predicted octanol–water partition coefficient (Wildman–Crippen LogP) is 0.712. The predicted molar refractivity (Wildman–Crippen MR) is 48.6 cm³/mol.